The van der Waals surface area contributed by atoms with Crippen LogP contribution in [-0.4, -0.2) is 0 Å². The molecule has 10 rings (SSSR count). The SMILES string of the molecule is c1ccc(-c2cc(-c3ccc4c(ccc5ccc6cc7c(cc6c54)oc4ccccc47)c3)cc(N(c3ccccc3)c3ccccc3)c2)cc1. The Hall–Kier alpha value is -6.64. The lowest BCUT2D eigenvalue weighted by molar-refractivity contribution is 0.669. The van der Waals surface area contributed by atoms with Crippen molar-refractivity contribution in [2.45, 2.75) is 0 Å². The molecule has 0 saturated heterocycles. The first-order valence-corrected chi connectivity index (χ1v) is 17.1. The van der Waals surface area contributed by atoms with Crippen molar-refractivity contribution in [2.24, 2.45) is 0 Å². The summed E-state index contributed by atoms with van der Waals surface area (Å²) in [7, 11) is 0. The lowest BCUT2D eigenvalue weighted by atomic mass is 9.92. The summed E-state index contributed by atoms with van der Waals surface area (Å²) in [6.07, 6.45) is 0. The minimum atomic E-state index is 0.923. The van der Waals surface area contributed by atoms with Gasteiger partial charge in [0.15, 0.2) is 0 Å². The Morgan fingerprint density at radius 3 is 1.62 bits per heavy atom. The first-order valence-electron chi connectivity index (χ1n) is 17.1. The van der Waals surface area contributed by atoms with E-state index in [4.69, 9.17) is 4.42 Å². The second-order valence-electron chi connectivity index (χ2n) is 13.0. The minimum absolute atomic E-state index is 0.923. The smallest absolute Gasteiger partial charge is 0.136 e. The molecule has 234 valence electrons. The summed E-state index contributed by atoms with van der Waals surface area (Å²) in [5.74, 6) is 0. The number of anilines is 3. The van der Waals surface area contributed by atoms with Gasteiger partial charge in [-0.15, -0.1) is 0 Å². The maximum atomic E-state index is 6.34. The van der Waals surface area contributed by atoms with Crippen molar-refractivity contribution in [1.29, 1.82) is 0 Å². The molecule has 2 nitrogen and oxygen atoms in total. The van der Waals surface area contributed by atoms with Crippen LogP contribution in [0.1, 0.15) is 0 Å². The van der Waals surface area contributed by atoms with Gasteiger partial charge >= 0.3 is 0 Å². The molecule has 0 aliphatic rings. The fraction of sp³-hybridized carbons (Fsp3) is 0. The van der Waals surface area contributed by atoms with E-state index < -0.39 is 0 Å². The second-order valence-corrected chi connectivity index (χ2v) is 13.0. The highest BCUT2D eigenvalue weighted by atomic mass is 16.3. The van der Waals surface area contributed by atoms with E-state index in [1.54, 1.807) is 0 Å². The molecule has 0 fully saturated rings. The average molecular weight is 638 g/mol. The number of rotatable bonds is 5. The van der Waals surface area contributed by atoms with E-state index in [9.17, 15) is 0 Å². The van der Waals surface area contributed by atoms with Gasteiger partial charge in [-0.3, -0.25) is 0 Å². The first kappa shape index (κ1) is 28.4. The molecular formula is C48H31NO. The van der Waals surface area contributed by atoms with Crippen molar-refractivity contribution in [3.05, 3.63) is 188 Å². The van der Waals surface area contributed by atoms with E-state index in [2.05, 4.69) is 181 Å². The van der Waals surface area contributed by atoms with Gasteiger partial charge in [0.05, 0.1) is 0 Å². The van der Waals surface area contributed by atoms with Gasteiger partial charge in [0.1, 0.15) is 11.2 Å². The number of hydrogen-bond acceptors (Lipinski definition) is 2. The van der Waals surface area contributed by atoms with Crippen LogP contribution in [0.4, 0.5) is 17.1 Å². The summed E-state index contributed by atoms with van der Waals surface area (Å²) in [6, 6.07) is 67.6. The van der Waals surface area contributed by atoms with Gasteiger partial charge in [-0.05, 0) is 121 Å². The van der Waals surface area contributed by atoms with Crippen LogP contribution in [0, 0.1) is 0 Å². The maximum Gasteiger partial charge on any atom is 0.136 e. The van der Waals surface area contributed by atoms with Crippen molar-refractivity contribution in [1.82, 2.24) is 0 Å². The molecule has 10 aromatic rings. The summed E-state index contributed by atoms with van der Waals surface area (Å²) >= 11 is 0. The van der Waals surface area contributed by atoms with Crippen molar-refractivity contribution in [3.8, 4) is 22.3 Å². The molecule has 2 heteroatoms. The zero-order valence-corrected chi connectivity index (χ0v) is 27.3. The molecule has 1 heterocycles. The largest absolute Gasteiger partial charge is 0.456 e. The topological polar surface area (TPSA) is 16.4 Å². The summed E-state index contributed by atoms with van der Waals surface area (Å²) in [5.41, 5.74) is 9.90. The number of benzene rings is 9. The molecule has 0 N–H and O–H groups in total. The zero-order valence-electron chi connectivity index (χ0n) is 27.3. The number of fused-ring (bicyclic) bond motifs is 8. The van der Waals surface area contributed by atoms with Crippen molar-refractivity contribution in [3.63, 3.8) is 0 Å². The van der Waals surface area contributed by atoms with Crippen LogP contribution in [-0.2, 0) is 0 Å². The highest BCUT2D eigenvalue weighted by Gasteiger charge is 2.17. The van der Waals surface area contributed by atoms with Crippen LogP contribution < -0.4 is 4.90 Å². The molecule has 0 aliphatic carbocycles. The maximum absolute atomic E-state index is 6.34. The highest BCUT2D eigenvalue weighted by Crippen LogP contribution is 2.42. The number of nitrogens with zero attached hydrogens (tertiary/aromatic N) is 1. The Balaban J connectivity index is 1.18. The summed E-state index contributed by atoms with van der Waals surface area (Å²) in [6.45, 7) is 0. The normalized spacial score (nSPS) is 11.6. The standard InChI is InChI=1S/C48H31NO/c1-4-12-32(13-5-1)37-27-38(29-41(28-37)49(39-14-6-2-7-15-39)40-16-8-3-9-17-40)34-24-25-42-35(26-34)22-20-33-21-23-36-30-45-43-18-10-11-19-46(43)50-47(45)31-44(36)48(33)42/h1-31H. The van der Waals surface area contributed by atoms with Crippen LogP contribution in [0.5, 0.6) is 0 Å². The summed E-state index contributed by atoms with van der Waals surface area (Å²) in [4.78, 5) is 2.34. The molecule has 1 aromatic heterocycles. The predicted octanol–water partition coefficient (Wildman–Crippen LogP) is 13.8. The molecule has 0 saturated carbocycles. The number of hydrogen-bond donors (Lipinski definition) is 0. The Bertz CT molecular complexity index is 2820. The summed E-state index contributed by atoms with van der Waals surface area (Å²) in [5, 5.41) is 9.67. The van der Waals surface area contributed by atoms with Crippen molar-refractivity contribution in [2.75, 3.05) is 4.90 Å². The van der Waals surface area contributed by atoms with E-state index in [1.165, 1.54) is 54.6 Å². The molecule has 0 amide bonds. The quantitative estimate of drug-likeness (QED) is 0.175. The second kappa shape index (κ2) is 11.5. The molecule has 0 bridgehead atoms. The van der Waals surface area contributed by atoms with Crippen LogP contribution in [0.3, 0.4) is 0 Å². The van der Waals surface area contributed by atoms with Crippen LogP contribution >= 0.6 is 0 Å². The highest BCUT2D eigenvalue weighted by molar-refractivity contribution is 6.23. The van der Waals surface area contributed by atoms with Crippen molar-refractivity contribution < 1.29 is 4.42 Å². The molecule has 0 atom stereocenters. The lowest BCUT2D eigenvalue weighted by Crippen LogP contribution is -2.10. The van der Waals surface area contributed by atoms with Crippen molar-refractivity contribution >= 4 is 71.3 Å². The lowest BCUT2D eigenvalue weighted by Gasteiger charge is -2.27. The molecule has 0 radical (unpaired) electrons. The third-order valence-electron chi connectivity index (χ3n) is 9.96. The average Bonchev–Trinajstić information content (AvgIpc) is 3.55. The first-order chi connectivity index (χ1) is 24.8. The Labute approximate surface area is 290 Å². The molecular weight excluding hydrogens is 607 g/mol. The van der Waals surface area contributed by atoms with Gasteiger partial charge < -0.3 is 9.32 Å². The fourth-order valence-electron chi connectivity index (χ4n) is 7.59. The van der Waals surface area contributed by atoms with Gasteiger partial charge in [0, 0.05) is 27.8 Å². The van der Waals surface area contributed by atoms with E-state index in [0.717, 1.165) is 39.0 Å². The predicted molar refractivity (Wildman–Crippen MR) is 212 cm³/mol. The minimum Gasteiger partial charge on any atom is -0.456 e. The van der Waals surface area contributed by atoms with E-state index in [1.807, 2.05) is 12.1 Å². The van der Waals surface area contributed by atoms with Crippen LogP contribution in [0.15, 0.2) is 192 Å². The molecule has 0 unspecified atom stereocenters. The Morgan fingerprint density at radius 2 is 0.900 bits per heavy atom. The fourth-order valence-corrected chi connectivity index (χ4v) is 7.59. The van der Waals surface area contributed by atoms with Gasteiger partial charge in [0.25, 0.3) is 0 Å². The van der Waals surface area contributed by atoms with Crippen LogP contribution in [0.25, 0.3) is 76.5 Å². The number of para-hydroxylation sites is 3. The van der Waals surface area contributed by atoms with E-state index in [-0.39, 0.29) is 0 Å². The van der Waals surface area contributed by atoms with E-state index >= 15 is 0 Å². The van der Waals surface area contributed by atoms with Crippen LogP contribution in [0.2, 0.25) is 0 Å². The Kier molecular flexibility index (Phi) is 6.53. The van der Waals surface area contributed by atoms with Gasteiger partial charge in [-0.25, -0.2) is 0 Å². The van der Waals surface area contributed by atoms with Gasteiger partial charge in [-0.2, -0.15) is 0 Å². The molecule has 0 spiro atoms. The van der Waals surface area contributed by atoms with Gasteiger partial charge in [0.2, 0.25) is 0 Å². The third kappa shape index (κ3) is 4.73. The zero-order chi connectivity index (χ0) is 33.0. The monoisotopic (exact) mass is 637 g/mol. The van der Waals surface area contributed by atoms with E-state index in [0.29, 0.717) is 0 Å². The molecule has 9 aromatic carbocycles. The molecule has 50 heavy (non-hydrogen) atoms. The molecule has 0 aliphatic heterocycles. The van der Waals surface area contributed by atoms with Gasteiger partial charge in [-0.1, -0.05) is 121 Å². The number of furan rings is 1. The summed E-state index contributed by atoms with van der Waals surface area (Å²) < 4.78 is 6.34. The third-order valence-corrected chi connectivity index (χ3v) is 9.96. The Morgan fingerprint density at radius 1 is 0.300 bits per heavy atom.